The predicted molar refractivity (Wildman–Crippen MR) is 95.1 cm³/mol. The second-order valence-corrected chi connectivity index (χ2v) is 25.9. The Bertz CT molecular complexity index is 1230. The molecule has 0 N–H and O–H groups in total. The van der Waals surface area contributed by atoms with Gasteiger partial charge in [0.1, 0.15) is 0 Å². The molecule has 0 bridgehead atoms. The monoisotopic (exact) mass is 692 g/mol. The average molecular weight is 694 g/mol. The van der Waals surface area contributed by atoms with E-state index in [0.29, 0.717) is 0 Å². The SMILES string of the molecule is Fc1c(F)c(F)[c]([Sb]([Cl])([Cl])([c]2c(F)c(F)c(F)c(F)c2F)[c]2c(F)c(F)c(F)c(F)c2F)c(F)c1F. The number of hydrogen-bond acceptors (Lipinski definition) is 0. The molecule has 0 unspecified atom stereocenters. The first kappa shape index (κ1) is 28.6. The van der Waals surface area contributed by atoms with Gasteiger partial charge >= 0.3 is 196 Å². The molecule has 3 aromatic rings. The summed E-state index contributed by atoms with van der Waals surface area (Å²) < 4.78 is 204. The summed E-state index contributed by atoms with van der Waals surface area (Å²) in [7, 11) is 11.5. The molecule has 0 saturated carbocycles. The van der Waals surface area contributed by atoms with Crippen LogP contribution >= 0.6 is 17.7 Å². The maximum absolute atomic E-state index is 14.7. The quantitative estimate of drug-likeness (QED) is 0.144. The Labute approximate surface area is 196 Å². The van der Waals surface area contributed by atoms with Gasteiger partial charge in [0.15, 0.2) is 0 Å². The van der Waals surface area contributed by atoms with E-state index in [0.717, 1.165) is 0 Å². The van der Waals surface area contributed by atoms with E-state index in [9.17, 15) is 65.9 Å². The van der Waals surface area contributed by atoms with Gasteiger partial charge in [-0.3, -0.25) is 0 Å². The zero-order chi connectivity index (χ0) is 27.8. The van der Waals surface area contributed by atoms with Gasteiger partial charge in [-0.25, -0.2) is 0 Å². The average Bonchev–Trinajstić information content (AvgIpc) is 2.81. The zero-order valence-electron chi connectivity index (χ0n) is 15.9. The van der Waals surface area contributed by atoms with Gasteiger partial charge in [0.05, 0.1) is 0 Å². The molecule has 0 amide bonds. The van der Waals surface area contributed by atoms with E-state index in [4.69, 9.17) is 17.7 Å². The van der Waals surface area contributed by atoms with Gasteiger partial charge < -0.3 is 0 Å². The van der Waals surface area contributed by atoms with Crippen molar-refractivity contribution in [3.8, 4) is 0 Å². The van der Waals surface area contributed by atoms with Gasteiger partial charge in [0.25, 0.3) is 0 Å². The summed E-state index contributed by atoms with van der Waals surface area (Å²) in [4.78, 5) is 0. The normalized spacial score (nSPS) is 13.2. The summed E-state index contributed by atoms with van der Waals surface area (Å²) in [5.74, 6) is -47.5. The Balaban J connectivity index is 2.88. The molecule has 0 spiro atoms. The van der Waals surface area contributed by atoms with Crippen LogP contribution in [0.2, 0.25) is 0 Å². The Morgan fingerprint density at radius 3 is 0.500 bits per heavy atom. The molecular formula is C18Cl2F15Sb. The molecule has 0 heterocycles. The molecule has 0 aliphatic heterocycles. The second kappa shape index (κ2) is 8.80. The minimum atomic E-state index is -9.35. The molecule has 0 saturated heterocycles. The van der Waals surface area contributed by atoms with Crippen molar-refractivity contribution < 1.29 is 65.9 Å². The van der Waals surface area contributed by atoms with Crippen LogP contribution in [0.5, 0.6) is 0 Å². The summed E-state index contributed by atoms with van der Waals surface area (Å²) in [5.41, 5.74) is 0. The fourth-order valence-corrected chi connectivity index (χ4v) is 18.6. The second-order valence-electron chi connectivity index (χ2n) is 6.66. The summed E-state index contributed by atoms with van der Waals surface area (Å²) in [6.45, 7) is 0. The third kappa shape index (κ3) is 3.48. The molecular weight excluding hydrogens is 694 g/mol. The van der Waals surface area contributed by atoms with E-state index in [1.54, 1.807) is 0 Å². The molecule has 0 aliphatic carbocycles. The van der Waals surface area contributed by atoms with Crippen molar-refractivity contribution in [1.29, 1.82) is 0 Å². The number of halogens is 17. The Hall–Kier alpha value is -1.99. The van der Waals surface area contributed by atoms with Crippen LogP contribution in [0.3, 0.4) is 0 Å². The van der Waals surface area contributed by atoms with E-state index >= 15 is 0 Å². The van der Waals surface area contributed by atoms with Gasteiger partial charge in [0, 0.05) is 0 Å². The van der Waals surface area contributed by atoms with Crippen molar-refractivity contribution in [3.05, 3.63) is 87.3 Å². The molecule has 0 aliphatic rings. The first-order valence-electron chi connectivity index (χ1n) is 8.34. The van der Waals surface area contributed by atoms with Crippen LogP contribution in [-0.2, 0) is 0 Å². The van der Waals surface area contributed by atoms with Crippen molar-refractivity contribution in [2.75, 3.05) is 0 Å². The van der Waals surface area contributed by atoms with Gasteiger partial charge in [-0.05, 0) is 0 Å². The molecule has 0 atom stereocenters. The Morgan fingerprint density at radius 1 is 0.250 bits per heavy atom. The maximum atomic E-state index is 14.7. The molecule has 0 nitrogen and oxygen atoms in total. The fraction of sp³-hybridized carbons (Fsp3) is 0. The fourth-order valence-electron chi connectivity index (χ4n) is 3.15. The van der Waals surface area contributed by atoms with E-state index in [1.807, 2.05) is 0 Å². The topological polar surface area (TPSA) is 0 Å². The van der Waals surface area contributed by atoms with Crippen LogP contribution in [0.15, 0.2) is 0 Å². The van der Waals surface area contributed by atoms with E-state index in [1.165, 1.54) is 0 Å². The first-order chi connectivity index (χ1) is 16.3. The number of rotatable bonds is 3. The van der Waals surface area contributed by atoms with Crippen molar-refractivity contribution in [2.45, 2.75) is 0 Å². The van der Waals surface area contributed by atoms with Crippen LogP contribution in [-0.4, -0.2) is 15.1 Å². The summed E-state index contributed by atoms with van der Waals surface area (Å²) in [5, 5.41) is 0. The van der Waals surface area contributed by atoms with Gasteiger partial charge in [0.2, 0.25) is 0 Å². The molecule has 0 fully saturated rings. The molecule has 3 aromatic carbocycles. The predicted octanol–water partition coefficient (Wildman–Crippen LogP) is 5.67. The summed E-state index contributed by atoms with van der Waals surface area (Å²) in [6, 6.07) is 0. The van der Waals surface area contributed by atoms with Crippen molar-refractivity contribution in [1.82, 2.24) is 0 Å². The van der Waals surface area contributed by atoms with Crippen molar-refractivity contribution in [2.24, 2.45) is 0 Å². The number of hydrogen-bond donors (Lipinski definition) is 0. The Morgan fingerprint density at radius 2 is 0.361 bits per heavy atom. The van der Waals surface area contributed by atoms with Crippen LogP contribution in [0.1, 0.15) is 0 Å². The molecule has 18 heteroatoms. The van der Waals surface area contributed by atoms with E-state index in [2.05, 4.69) is 0 Å². The third-order valence-electron chi connectivity index (χ3n) is 4.74. The molecule has 0 aromatic heterocycles. The first-order valence-corrected chi connectivity index (χ1v) is 18.6. The van der Waals surface area contributed by atoms with Crippen LogP contribution in [0.4, 0.5) is 65.9 Å². The Kier molecular flexibility index (Phi) is 6.98. The molecule has 36 heavy (non-hydrogen) atoms. The van der Waals surface area contributed by atoms with Crippen LogP contribution < -0.4 is 10.5 Å². The van der Waals surface area contributed by atoms with E-state index in [-0.39, 0.29) is 0 Å². The molecule has 0 radical (unpaired) electrons. The minimum absolute atomic E-state index is 2.98. The standard InChI is InChI=1S/3C6F5.2ClH.Sb/c3*7-2-1-3(8)5(10)6(11)4(2)9;;;/h;;;2*1H;/q;;;;;+2/p-2. The summed E-state index contributed by atoms with van der Waals surface area (Å²) in [6.07, 6.45) is 0. The van der Waals surface area contributed by atoms with E-state index < -0.39 is 113 Å². The number of benzene rings is 3. The van der Waals surface area contributed by atoms with Gasteiger partial charge in [-0.2, -0.15) is 0 Å². The zero-order valence-corrected chi connectivity index (χ0v) is 19.9. The molecule has 196 valence electrons. The van der Waals surface area contributed by atoms with Crippen LogP contribution in [0, 0.1) is 87.3 Å². The van der Waals surface area contributed by atoms with Crippen molar-refractivity contribution in [3.63, 3.8) is 0 Å². The van der Waals surface area contributed by atoms with Crippen molar-refractivity contribution >= 4 is 43.3 Å². The summed E-state index contributed by atoms with van der Waals surface area (Å²) >= 11 is -9.35. The molecule has 3 rings (SSSR count). The van der Waals surface area contributed by atoms with Crippen LogP contribution in [0.25, 0.3) is 0 Å². The third-order valence-corrected chi connectivity index (χ3v) is 21.6. The van der Waals surface area contributed by atoms with Gasteiger partial charge in [-0.1, -0.05) is 0 Å². The van der Waals surface area contributed by atoms with Gasteiger partial charge in [-0.15, -0.1) is 0 Å².